The highest BCUT2D eigenvalue weighted by atomic mass is 19.1. The molecule has 0 spiro atoms. The molecule has 0 amide bonds. The van der Waals surface area contributed by atoms with Crippen LogP contribution in [0.2, 0.25) is 0 Å². The maximum absolute atomic E-state index is 15.8. The van der Waals surface area contributed by atoms with E-state index < -0.39 is 29.7 Å². The maximum Gasteiger partial charge on any atom is 0.511 e. The third-order valence-corrected chi connectivity index (χ3v) is 8.26. The van der Waals surface area contributed by atoms with Gasteiger partial charge < -0.3 is 33.7 Å². The molecule has 1 aromatic carbocycles. The van der Waals surface area contributed by atoms with Gasteiger partial charge in [0.15, 0.2) is 11.6 Å². The number of halogens is 1. The number of esters is 1. The Morgan fingerprint density at radius 2 is 1.91 bits per heavy atom. The summed E-state index contributed by atoms with van der Waals surface area (Å²) in [5.41, 5.74) is -0.259. The lowest BCUT2D eigenvalue weighted by Crippen LogP contribution is -2.40. The molecule has 1 aromatic heterocycles. The zero-order chi connectivity index (χ0) is 30.7. The minimum atomic E-state index is -1.37. The van der Waals surface area contributed by atoms with E-state index in [4.69, 9.17) is 31.8 Å². The van der Waals surface area contributed by atoms with Gasteiger partial charge in [0.1, 0.15) is 11.3 Å². The molecule has 3 aliphatic rings. The number of terminal acetylenes is 2. The molecule has 43 heavy (non-hydrogen) atoms. The third kappa shape index (κ3) is 6.42. The second-order valence-corrected chi connectivity index (χ2v) is 11.3. The topological polar surface area (TPSA) is 108 Å². The number of fused-ring (bicyclic) bond motifs is 2. The van der Waals surface area contributed by atoms with Gasteiger partial charge in [-0.05, 0) is 44.2 Å². The fraction of sp³-hybridized carbons (Fsp3) is 0.531. The fourth-order valence-corrected chi connectivity index (χ4v) is 6.06. The van der Waals surface area contributed by atoms with Crippen molar-refractivity contribution in [3.8, 4) is 30.4 Å². The standard InChI is InChI=1S/C32H36FN3O7/c1-5-8-20(9-6-2)18-41-32(39)43-19(3)42-31(38)24-16-36(22-11-12-22)27-23(29(24)37)14-25(33)28(30(27)40-4)35-15-21-10-7-13-34-26(21)17-35/h1-2,14,16,19-22,26,34H,7-13,15,17-18H2,3-4H3. The summed E-state index contributed by atoms with van der Waals surface area (Å²) in [5, 5.41) is 3.54. The van der Waals surface area contributed by atoms with Crippen LogP contribution < -0.4 is 20.4 Å². The van der Waals surface area contributed by atoms with Crippen molar-refractivity contribution in [3.63, 3.8) is 0 Å². The summed E-state index contributed by atoms with van der Waals surface area (Å²) in [6, 6.07) is 1.46. The van der Waals surface area contributed by atoms with E-state index in [1.165, 1.54) is 26.3 Å². The maximum atomic E-state index is 15.8. The molecule has 2 saturated heterocycles. The Hall–Kier alpha value is -4.22. The Labute approximate surface area is 249 Å². The first kappa shape index (κ1) is 30.2. The van der Waals surface area contributed by atoms with Gasteiger partial charge in [-0.3, -0.25) is 4.79 Å². The second kappa shape index (κ2) is 13.0. The predicted octanol–water partition coefficient (Wildman–Crippen LogP) is 3.99. The lowest BCUT2D eigenvalue weighted by molar-refractivity contribution is -0.0838. The molecule has 1 aliphatic carbocycles. The first-order valence-corrected chi connectivity index (χ1v) is 14.6. The van der Waals surface area contributed by atoms with E-state index in [2.05, 4.69) is 17.2 Å². The fourth-order valence-electron chi connectivity index (χ4n) is 6.06. The van der Waals surface area contributed by atoms with Gasteiger partial charge in [0.2, 0.25) is 11.7 Å². The smallest absolute Gasteiger partial charge is 0.492 e. The number of aromatic nitrogens is 1. The van der Waals surface area contributed by atoms with E-state index in [1.54, 1.807) is 4.57 Å². The normalized spacial score (nSPS) is 20.2. The molecule has 3 unspecified atom stereocenters. The Bertz CT molecular complexity index is 1510. The van der Waals surface area contributed by atoms with E-state index in [-0.39, 0.29) is 41.3 Å². The van der Waals surface area contributed by atoms with Crippen molar-refractivity contribution < 1.29 is 32.9 Å². The molecule has 228 valence electrons. The highest BCUT2D eigenvalue weighted by Gasteiger charge is 2.38. The number of benzene rings is 1. The Morgan fingerprint density at radius 1 is 1.16 bits per heavy atom. The average Bonchev–Trinajstić information content (AvgIpc) is 3.73. The number of hydrogen-bond donors (Lipinski definition) is 1. The van der Waals surface area contributed by atoms with E-state index in [1.807, 2.05) is 4.90 Å². The average molecular weight is 594 g/mol. The number of carbonyl (C=O) groups is 2. The van der Waals surface area contributed by atoms with Crippen LogP contribution >= 0.6 is 0 Å². The number of anilines is 1. The summed E-state index contributed by atoms with van der Waals surface area (Å²) < 4.78 is 38.8. The molecule has 0 bridgehead atoms. The van der Waals surface area contributed by atoms with Crippen molar-refractivity contribution in [2.45, 2.75) is 63.8 Å². The Balaban J connectivity index is 1.39. The van der Waals surface area contributed by atoms with E-state index in [9.17, 15) is 14.4 Å². The molecule has 3 heterocycles. The molecule has 0 radical (unpaired) electrons. The van der Waals surface area contributed by atoms with Crippen molar-refractivity contribution >= 4 is 28.7 Å². The van der Waals surface area contributed by atoms with E-state index >= 15 is 4.39 Å². The molecule has 2 aliphatic heterocycles. The van der Waals surface area contributed by atoms with Gasteiger partial charge in [0, 0.05) is 57.1 Å². The first-order valence-electron chi connectivity index (χ1n) is 14.6. The molecule has 5 rings (SSSR count). The van der Waals surface area contributed by atoms with Crippen LogP contribution in [-0.2, 0) is 14.2 Å². The van der Waals surface area contributed by atoms with Gasteiger partial charge in [0.25, 0.3) is 0 Å². The van der Waals surface area contributed by atoms with Crippen LogP contribution in [0.15, 0.2) is 17.1 Å². The van der Waals surface area contributed by atoms with E-state index in [0.717, 1.165) is 32.2 Å². The van der Waals surface area contributed by atoms with Gasteiger partial charge >= 0.3 is 12.1 Å². The van der Waals surface area contributed by atoms with Crippen molar-refractivity contribution in [2.24, 2.45) is 11.8 Å². The Morgan fingerprint density at radius 3 is 2.56 bits per heavy atom. The molecule has 10 nitrogen and oxygen atoms in total. The van der Waals surface area contributed by atoms with Gasteiger partial charge in [-0.25, -0.2) is 14.0 Å². The minimum Gasteiger partial charge on any atom is -0.492 e. The first-order chi connectivity index (χ1) is 20.7. The monoisotopic (exact) mass is 593 g/mol. The van der Waals surface area contributed by atoms with Crippen molar-refractivity contribution in [1.82, 2.24) is 9.88 Å². The number of hydrogen-bond acceptors (Lipinski definition) is 9. The zero-order valence-electron chi connectivity index (χ0n) is 24.4. The van der Waals surface area contributed by atoms with Crippen molar-refractivity contribution in [2.75, 3.05) is 38.3 Å². The number of carbonyl (C=O) groups excluding carboxylic acids is 2. The van der Waals surface area contributed by atoms with Crippen LogP contribution in [0.5, 0.6) is 5.75 Å². The number of rotatable bonds is 10. The van der Waals surface area contributed by atoms with Gasteiger partial charge in [-0.15, -0.1) is 24.7 Å². The highest BCUT2D eigenvalue weighted by Crippen LogP contribution is 2.45. The number of ether oxygens (including phenoxy) is 4. The van der Waals surface area contributed by atoms with Gasteiger partial charge in [-0.1, -0.05) is 0 Å². The second-order valence-electron chi connectivity index (χ2n) is 11.3. The summed E-state index contributed by atoms with van der Waals surface area (Å²) in [6.45, 7) is 3.52. The van der Waals surface area contributed by atoms with Crippen LogP contribution in [0.1, 0.15) is 61.8 Å². The predicted molar refractivity (Wildman–Crippen MR) is 157 cm³/mol. The molecule has 1 N–H and O–H groups in total. The summed E-state index contributed by atoms with van der Waals surface area (Å²) in [6.07, 6.45) is 14.0. The Kier molecular flexibility index (Phi) is 9.12. The summed E-state index contributed by atoms with van der Waals surface area (Å²) in [4.78, 5) is 40.9. The molecule has 3 atom stereocenters. The van der Waals surface area contributed by atoms with Crippen LogP contribution in [0.25, 0.3) is 10.9 Å². The van der Waals surface area contributed by atoms with Crippen LogP contribution in [0.4, 0.5) is 14.9 Å². The number of piperidine rings is 1. The van der Waals surface area contributed by atoms with Crippen LogP contribution in [0, 0.1) is 42.3 Å². The SMILES string of the molecule is C#CCC(CC#C)COC(=O)OC(C)OC(=O)c1cn(C2CC2)c2c(OC)c(N3CC4CCCNC4C3)c(F)cc2c1=O. The highest BCUT2D eigenvalue weighted by molar-refractivity contribution is 5.98. The lowest BCUT2D eigenvalue weighted by atomic mass is 9.94. The molecular formula is C32H36FN3O7. The number of pyridine rings is 1. The summed E-state index contributed by atoms with van der Waals surface area (Å²) in [7, 11) is 1.46. The van der Waals surface area contributed by atoms with Crippen LogP contribution in [0.3, 0.4) is 0 Å². The number of nitrogens with zero attached hydrogens (tertiary/aromatic N) is 2. The van der Waals surface area contributed by atoms with Crippen LogP contribution in [-0.4, -0.2) is 62.4 Å². The number of methoxy groups -OCH3 is 1. The molecular weight excluding hydrogens is 557 g/mol. The summed E-state index contributed by atoms with van der Waals surface area (Å²) >= 11 is 0. The number of nitrogens with one attached hydrogen (secondary N) is 1. The third-order valence-electron chi connectivity index (χ3n) is 8.26. The molecule has 11 heteroatoms. The van der Waals surface area contributed by atoms with E-state index in [0.29, 0.717) is 43.1 Å². The minimum absolute atomic E-state index is 0.00676. The van der Waals surface area contributed by atoms with Gasteiger partial charge in [-0.2, -0.15) is 0 Å². The quantitative estimate of drug-likeness (QED) is 0.249. The largest absolute Gasteiger partial charge is 0.511 e. The van der Waals surface area contributed by atoms with Crippen molar-refractivity contribution in [3.05, 3.63) is 33.9 Å². The summed E-state index contributed by atoms with van der Waals surface area (Å²) in [5.74, 6) is 3.77. The molecule has 2 aromatic rings. The van der Waals surface area contributed by atoms with Gasteiger partial charge in [0.05, 0.1) is 24.6 Å². The van der Waals surface area contributed by atoms with Crippen molar-refractivity contribution in [1.29, 1.82) is 0 Å². The molecule has 3 fully saturated rings. The zero-order valence-corrected chi connectivity index (χ0v) is 24.4. The molecule has 1 saturated carbocycles. The lowest BCUT2D eigenvalue weighted by Gasteiger charge is -2.25.